The maximum absolute atomic E-state index is 11.7. The molecule has 5 nitrogen and oxygen atoms in total. The van der Waals surface area contributed by atoms with Crippen LogP contribution in [0.2, 0.25) is 5.02 Å². The van der Waals surface area contributed by atoms with Gasteiger partial charge in [0.05, 0.1) is 5.02 Å². The van der Waals surface area contributed by atoms with Crippen molar-refractivity contribution in [2.75, 3.05) is 5.32 Å². The monoisotopic (exact) mass is 270 g/mol. The average Bonchev–Trinajstić information content (AvgIpc) is 2.32. The number of hydrogen-bond donors (Lipinski definition) is 1. The van der Waals surface area contributed by atoms with E-state index in [2.05, 4.69) is 10.3 Å². The van der Waals surface area contributed by atoms with Gasteiger partial charge in [0.2, 0.25) is 0 Å². The lowest BCUT2D eigenvalue weighted by molar-refractivity contribution is -0.153. The van der Waals surface area contributed by atoms with Gasteiger partial charge >= 0.3 is 5.97 Å². The third-order valence-electron chi connectivity index (χ3n) is 2.11. The third-order valence-corrected chi connectivity index (χ3v) is 2.33. The number of nitrogens with one attached hydrogen (secondary N) is 1. The molecule has 1 N–H and O–H groups in total. The Morgan fingerprint density at radius 2 is 2.22 bits per heavy atom. The van der Waals surface area contributed by atoms with E-state index in [0.717, 1.165) is 0 Å². The normalized spacial score (nSPS) is 11.7. The van der Waals surface area contributed by atoms with E-state index in [1.165, 1.54) is 13.1 Å². The van der Waals surface area contributed by atoms with Crippen molar-refractivity contribution in [3.05, 3.63) is 23.4 Å². The first-order valence-corrected chi connectivity index (χ1v) is 6.02. The summed E-state index contributed by atoms with van der Waals surface area (Å²) in [6.45, 7) is 3.38. The van der Waals surface area contributed by atoms with Crippen molar-refractivity contribution in [3.63, 3.8) is 0 Å². The van der Waals surface area contributed by atoms with E-state index < -0.39 is 12.0 Å². The SMILES string of the molecule is CCCC(=O)O[C@H](C)C(=O)Nc1ccc(Cl)cn1. The van der Waals surface area contributed by atoms with Crippen LogP contribution in [0.3, 0.4) is 0 Å². The number of pyridine rings is 1. The predicted molar refractivity (Wildman–Crippen MR) is 68.3 cm³/mol. The molecule has 0 radical (unpaired) electrons. The molecule has 1 aromatic heterocycles. The number of carbonyl (C=O) groups excluding carboxylic acids is 2. The summed E-state index contributed by atoms with van der Waals surface area (Å²) in [7, 11) is 0. The van der Waals surface area contributed by atoms with Crippen LogP contribution in [0.25, 0.3) is 0 Å². The summed E-state index contributed by atoms with van der Waals surface area (Å²) >= 11 is 5.67. The zero-order chi connectivity index (χ0) is 13.5. The maximum Gasteiger partial charge on any atom is 0.306 e. The zero-order valence-corrected chi connectivity index (χ0v) is 11.0. The van der Waals surface area contributed by atoms with Crippen LogP contribution in [0.4, 0.5) is 5.82 Å². The number of halogens is 1. The van der Waals surface area contributed by atoms with Crippen molar-refractivity contribution in [2.45, 2.75) is 32.8 Å². The first kappa shape index (κ1) is 14.4. The second-order valence-electron chi connectivity index (χ2n) is 3.73. The summed E-state index contributed by atoms with van der Waals surface area (Å²) in [6.07, 6.45) is 1.56. The number of amides is 1. The molecule has 98 valence electrons. The number of aromatic nitrogens is 1. The molecule has 6 heteroatoms. The van der Waals surface area contributed by atoms with Crippen molar-refractivity contribution in [1.82, 2.24) is 4.98 Å². The Morgan fingerprint density at radius 1 is 1.50 bits per heavy atom. The Kier molecular flexibility index (Phi) is 5.58. The van der Waals surface area contributed by atoms with Gasteiger partial charge in [-0.15, -0.1) is 0 Å². The molecular formula is C12H15ClN2O3. The molecule has 0 aromatic carbocycles. The predicted octanol–water partition coefficient (Wildman–Crippen LogP) is 2.41. The van der Waals surface area contributed by atoms with Crippen LogP contribution in [0.5, 0.6) is 0 Å². The Morgan fingerprint density at radius 3 is 2.78 bits per heavy atom. The summed E-state index contributed by atoms with van der Waals surface area (Å²) in [4.78, 5) is 26.8. The Balaban J connectivity index is 2.49. The number of nitrogens with zero attached hydrogens (tertiary/aromatic N) is 1. The van der Waals surface area contributed by atoms with Gasteiger partial charge in [-0.25, -0.2) is 4.98 Å². The Labute approximate surface area is 110 Å². The van der Waals surface area contributed by atoms with Crippen LogP contribution in [-0.2, 0) is 14.3 Å². The average molecular weight is 271 g/mol. The first-order valence-electron chi connectivity index (χ1n) is 5.64. The van der Waals surface area contributed by atoms with E-state index in [-0.39, 0.29) is 5.97 Å². The lowest BCUT2D eigenvalue weighted by atomic mass is 10.3. The Bertz CT molecular complexity index is 420. The highest BCUT2D eigenvalue weighted by atomic mass is 35.5. The molecule has 0 saturated carbocycles. The smallest absolute Gasteiger partial charge is 0.306 e. The van der Waals surface area contributed by atoms with Gasteiger partial charge in [-0.1, -0.05) is 18.5 Å². The van der Waals surface area contributed by atoms with Crippen LogP contribution >= 0.6 is 11.6 Å². The molecule has 0 aliphatic carbocycles. The minimum absolute atomic E-state index is 0.302. The van der Waals surface area contributed by atoms with Crippen molar-refractivity contribution in [3.8, 4) is 0 Å². The largest absolute Gasteiger partial charge is 0.453 e. The van der Waals surface area contributed by atoms with Crippen LogP contribution < -0.4 is 5.32 Å². The van der Waals surface area contributed by atoms with E-state index >= 15 is 0 Å². The van der Waals surface area contributed by atoms with Crippen LogP contribution in [0.1, 0.15) is 26.7 Å². The molecule has 1 amide bonds. The van der Waals surface area contributed by atoms with E-state index in [1.54, 1.807) is 12.1 Å². The Hall–Kier alpha value is -1.62. The second-order valence-corrected chi connectivity index (χ2v) is 4.17. The molecule has 0 aliphatic rings. The lowest BCUT2D eigenvalue weighted by Crippen LogP contribution is -2.30. The van der Waals surface area contributed by atoms with Gasteiger partial charge in [0, 0.05) is 12.6 Å². The van der Waals surface area contributed by atoms with E-state index in [4.69, 9.17) is 16.3 Å². The number of carbonyl (C=O) groups is 2. The van der Waals surface area contributed by atoms with Gasteiger partial charge < -0.3 is 10.1 Å². The zero-order valence-electron chi connectivity index (χ0n) is 10.3. The second kappa shape index (κ2) is 6.96. The van der Waals surface area contributed by atoms with E-state index in [1.807, 2.05) is 6.92 Å². The third kappa shape index (κ3) is 4.71. The molecule has 0 unspecified atom stereocenters. The molecule has 1 rings (SSSR count). The highest BCUT2D eigenvalue weighted by Crippen LogP contribution is 2.10. The number of hydrogen-bond acceptors (Lipinski definition) is 4. The van der Waals surface area contributed by atoms with Gasteiger partial charge in [-0.3, -0.25) is 9.59 Å². The van der Waals surface area contributed by atoms with Gasteiger partial charge in [0.15, 0.2) is 6.10 Å². The van der Waals surface area contributed by atoms with Crippen molar-refractivity contribution < 1.29 is 14.3 Å². The van der Waals surface area contributed by atoms with Gasteiger partial charge in [-0.05, 0) is 25.5 Å². The number of ether oxygens (including phenoxy) is 1. The summed E-state index contributed by atoms with van der Waals surface area (Å²) in [5.74, 6) is -0.443. The maximum atomic E-state index is 11.7. The fourth-order valence-electron chi connectivity index (χ4n) is 1.19. The molecule has 1 heterocycles. The molecule has 0 aliphatic heterocycles. The van der Waals surface area contributed by atoms with E-state index in [9.17, 15) is 9.59 Å². The van der Waals surface area contributed by atoms with Crippen molar-refractivity contribution >= 4 is 29.3 Å². The van der Waals surface area contributed by atoms with Gasteiger partial charge in [-0.2, -0.15) is 0 Å². The number of rotatable bonds is 5. The standard InChI is InChI=1S/C12H15ClN2O3/c1-3-4-11(16)18-8(2)12(17)15-10-6-5-9(13)7-14-10/h5-8H,3-4H2,1-2H3,(H,14,15,17)/t8-/m1/s1. The number of anilines is 1. The molecule has 0 fully saturated rings. The topological polar surface area (TPSA) is 68.3 Å². The van der Waals surface area contributed by atoms with Crippen molar-refractivity contribution in [2.24, 2.45) is 0 Å². The fourth-order valence-corrected chi connectivity index (χ4v) is 1.30. The molecule has 0 bridgehead atoms. The minimum Gasteiger partial charge on any atom is -0.453 e. The van der Waals surface area contributed by atoms with Gasteiger partial charge in [0.25, 0.3) is 5.91 Å². The highest BCUT2D eigenvalue weighted by molar-refractivity contribution is 6.30. The minimum atomic E-state index is -0.846. The van der Waals surface area contributed by atoms with Crippen LogP contribution in [0.15, 0.2) is 18.3 Å². The first-order chi connectivity index (χ1) is 8.52. The fraction of sp³-hybridized carbons (Fsp3) is 0.417. The molecule has 0 saturated heterocycles. The van der Waals surface area contributed by atoms with Gasteiger partial charge in [0.1, 0.15) is 5.82 Å². The lowest BCUT2D eigenvalue weighted by Gasteiger charge is -2.12. The summed E-state index contributed by atoms with van der Waals surface area (Å²) in [5, 5.41) is 3.01. The number of esters is 1. The van der Waals surface area contributed by atoms with Crippen LogP contribution in [0, 0.1) is 0 Å². The molecular weight excluding hydrogens is 256 g/mol. The molecule has 0 spiro atoms. The summed E-state index contributed by atoms with van der Waals surface area (Å²) < 4.78 is 4.94. The summed E-state index contributed by atoms with van der Waals surface area (Å²) in [6, 6.07) is 3.18. The quantitative estimate of drug-likeness (QED) is 0.834. The van der Waals surface area contributed by atoms with Crippen molar-refractivity contribution in [1.29, 1.82) is 0 Å². The van der Waals surface area contributed by atoms with Crippen LogP contribution in [-0.4, -0.2) is 23.0 Å². The summed E-state index contributed by atoms with van der Waals surface area (Å²) in [5.41, 5.74) is 0. The van der Waals surface area contributed by atoms with E-state index in [0.29, 0.717) is 23.7 Å². The molecule has 18 heavy (non-hydrogen) atoms. The highest BCUT2D eigenvalue weighted by Gasteiger charge is 2.17. The molecule has 1 aromatic rings. The molecule has 1 atom stereocenters.